The number of imidazole rings is 1. The van der Waals surface area contributed by atoms with Gasteiger partial charge < -0.3 is 4.40 Å². The van der Waals surface area contributed by atoms with Gasteiger partial charge in [0, 0.05) is 24.5 Å². The first-order valence-electron chi connectivity index (χ1n) is 3.48. The van der Waals surface area contributed by atoms with Crippen molar-refractivity contribution >= 4 is 45.6 Å². The zero-order valence-corrected chi connectivity index (χ0v) is 9.73. The van der Waals surface area contributed by atoms with Gasteiger partial charge in [-0.3, -0.25) is 0 Å². The molecule has 0 radical (unpaired) electrons. The number of hydrogen-bond acceptors (Lipinski definition) is 1. The van der Waals surface area contributed by atoms with Crippen LogP contribution in [0.25, 0.3) is 5.65 Å². The van der Waals surface area contributed by atoms with Gasteiger partial charge in [0.2, 0.25) is 0 Å². The third-order valence-electron chi connectivity index (χ3n) is 1.65. The van der Waals surface area contributed by atoms with Gasteiger partial charge in [-0.1, -0.05) is 0 Å². The van der Waals surface area contributed by atoms with E-state index in [0.29, 0.717) is 5.88 Å². The van der Waals surface area contributed by atoms with Crippen LogP contribution in [-0.4, -0.2) is 9.38 Å². The van der Waals surface area contributed by atoms with Gasteiger partial charge in [0.15, 0.2) is 5.65 Å². The van der Waals surface area contributed by atoms with Crippen LogP contribution in [0.3, 0.4) is 0 Å². The fourth-order valence-electron chi connectivity index (χ4n) is 1.12. The molecule has 13 heavy (non-hydrogen) atoms. The summed E-state index contributed by atoms with van der Waals surface area (Å²) in [6.45, 7) is 0. The lowest BCUT2D eigenvalue weighted by Crippen LogP contribution is -1.88. The zero-order chi connectivity index (χ0) is 8.55. The topological polar surface area (TPSA) is 17.3 Å². The third-order valence-corrected chi connectivity index (χ3v) is 2.55. The van der Waals surface area contributed by atoms with E-state index in [4.69, 9.17) is 11.6 Å². The molecule has 2 aromatic heterocycles. The van der Waals surface area contributed by atoms with Crippen molar-refractivity contribution in [1.82, 2.24) is 9.38 Å². The van der Waals surface area contributed by atoms with Gasteiger partial charge in [0.1, 0.15) is 0 Å². The predicted molar refractivity (Wildman–Crippen MR) is 59.7 cm³/mol. The molecule has 0 spiro atoms. The number of alkyl halides is 1. The molecule has 0 aliphatic carbocycles. The molecule has 5 heteroatoms. The Morgan fingerprint density at radius 1 is 1.54 bits per heavy atom. The Balaban J connectivity index is 0.000000845. The summed E-state index contributed by atoms with van der Waals surface area (Å²) in [5, 5.41) is 0. The number of nitrogens with zero attached hydrogens (tertiary/aromatic N) is 2. The van der Waals surface area contributed by atoms with Gasteiger partial charge in [-0.05, 0) is 27.6 Å². The van der Waals surface area contributed by atoms with Crippen LogP contribution in [0.5, 0.6) is 0 Å². The first kappa shape index (κ1) is 10.8. The van der Waals surface area contributed by atoms with Crippen molar-refractivity contribution in [1.29, 1.82) is 0 Å². The quantitative estimate of drug-likeness (QED) is 0.734. The van der Waals surface area contributed by atoms with Crippen LogP contribution in [0, 0.1) is 0 Å². The second kappa shape index (κ2) is 4.31. The monoisotopic (exact) mass is 280 g/mol. The average Bonchev–Trinajstić information content (AvgIpc) is 2.52. The maximum Gasteiger partial charge on any atom is 0.151 e. The van der Waals surface area contributed by atoms with E-state index in [0.717, 1.165) is 15.7 Å². The molecular formula is C8H7BrCl2N2. The van der Waals surface area contributed by atoms with Gasteiger partial charge in [0.25, 0.3) is 0 Å². The van der Waals surface area contributed by atoms with Crippen molar-refractivity contribution in [2.24, 2.45) is 0 Å². The van der Waals surface area contributed by atoms with Crippen LogP contribution >= 0.6 is 39.9 Å². The Hall–Kier alpha value is -0.250. The van der Waals surface area contributed by atoms with Crippen LogP contribution in [0.4, 0.5) is 0 Å². The minimum absolute atomic E-state index is 0. The number of fused-ring (bicyclic) bond motifs is 1. The van der Waals surface area contributed by atoms with Gasteiger partial charge in [-0.2, -0.15) is 0 Å². The van der Waals surface area contributed by atoms with Crippen LogP contribution in [0.15, 0.2) is 29.1 Å². The molecule has 0 bridgehead atoms. The van der Waals surface area contributed by atoms with Crippen molar-refractivity contribution in [3.05, 3.63) is 34.7 Å². The molecule has 0 aliphatic heterocycles. The van der Waals surface area contributed by atoms with E-state index in [-0.39, 0.29) is 12.4 Å². The molecule has 0 unspecified atom stereocenters. The van der Waals surface area contributed by atoms with E-state index in [2.05, 4.69) is 20.9 Å². The van der Waals surface area contributed by atoms with Gasteiger partial charge in [0.05, 0.1) is 4.47 Å². The molecule has 0 saturated heterocycles. The number of rotatable bonds is 1. The lowest BCUT2D eigenvalue weighted by atomic mass is 10.3. The molecule has 2 nitrogen and oxygen atoms in total. The highest BCUT2D eigenvalue weighted by atomic mass is 79.9. The minimum Gasteiger partial charge on any atom is -0.306 e. The van der Waals surface area contributed by atoms with Crippen LogP contribution < -0.4 is 0 Å². The van der Waals surface area contributed by atoms with Gasteiger partial charge >= 0.3 is 0 Å². The number of halogens is 3. The summed E-state index contributed by atoms with van der Waals surface area (Å²) in [5.74, 6) is 0.521. The molecule has 0 aliphatic rings. The predicted octanol–water partition coefficient (Wildman–Crippen LogP) is 3.26. The van der Waals surface area contributed by atoms with Gasteiger partial charge in [-0.15, -0.1) is 24.0 Å². The summed E-state index contributed by atoms with van der Waals surface area (Å²) < 4.78 is 2.92. The maximum absolute atomic E-state index is 5.71. The van der Waals surface area contributed by atoms with E-state index in [1.807, 2.05) is 22.9 Å². The van der Waals surface area contributed by atoms with Crippen molar-refractivity contribution in [2.75, 3.05) is 0 Å². The van der Waals surface area contributed by atoms with Crippen molar-refractivity contribution in [3.63, 3.8) is 0 Å². The molecule has 0 saturated carbocycles. The summed E-state index contributed by atoms with van der Waals surface area (Å²) >= 11 is 9.14. The van der Waals surface area contributed by atoms with E-state index in [1.54, 1.807) is 6.20 Å². The van der Waals surface area contributed by atoms with Gasteiger partial charge in [-0.25, -0.2) is 4.98 Å². The molecule has 0 fully saturated rings. The fourth-order valence-corrected chi connectivity index (χ4v) is 1.87. The lowest BCUT2D eigenvalue weighted by Gasteiger charge is -1.99. The average molecular weight is 282 g/mol. The normalized spacial score (nSPS) is 10.0. The maximum atomic E-state index is 5.71. The molecule has 0 N–H and O–H groups in total. The second-order valence-electron chi connectivity index (χ2n) is 2.49. The molecule has 2 rings (SSSR count). The highest BCUT2D eigenvalue weighted by Gasteiger charge is 2.01. The highest BCUT2D eigenvalue weighted by Crippen LogP contribution is 2.18. The standard InChI is InChI=1S/C8H6BrClN2.ClH/c9-7-3-6(4-10)5-12-2-1-11-8(7)12;/h1-3,5H,4H2;1H. The van der Waals surface area contributed by atoms with Crippen LogP contribution in [0.1, 0.15) is 5.56 Å². The highest BCUT2D eigenvalue weighted by molar-refractivity contribution is 9.10. The summed E-state index contributed by atoms with van der Waals surface area (Å²) in [7, 11) is 0. The number of aromatic nitrogens is 2. The van der Waals surface area contributed by atoms with Crippen molar-refractivity contribution in [2.45, 2.75) is 5.88 Å². The number of hydrogen-bond donors (Lipinski definition) is 0. The summed E-state index contributed by atoms with van der Waals surface area (Å²) in [4.78, 5) is 4.17. The molecule has 0 atom stereocenters. The van der Waals surface area contributed by atoms with E-state index in [1.165, 1.54) is 0 Å². The van der Waals surface area contributed by atoms with Crippen LogP contribution in [-0.2, 0) is 5.88 Å². The van der Waals surface area contributed by atoms with E-state index in [9.17, 15) is 0 Å². The van der Waals surface area contributed by atoms with E-state index >= 15 is 0 Å². The van der Waals surface area contributed by atoms with Crippen molar-refractivity contribution < 1.29 is 0 Å². The summed E-state index contributed by atoms with van der Waals surface area (Å²) in [6.07, 6.45) is 5.63. The smallest absolute Gasteiger partial charge is 0.151 e. The Morgan fingerprint density at radius 3 is 3.00 bits per heavy atom. The SMILES string of the molecule is Cl.ClCc1cc(Br)c2nccn2c1. The Morgan fingerprint density at radius 2 is 2.31 bits per heavy atom. The second-order valence-corrected chi connectivity index (χ2v) is 3.61. The minimum atomic E-state index is 0. The first-order valence-corrected chi connectivity index (χ1v) is 4.81. The lowest BCUT2D eigenvalue weighted by molar-refractivity contribution is 1.14. The Labute approximate surface area is 95.5 Å². The molecular weight excluding hydrogens is 275 g/mol. The molecule has 70 valence electrons. The summed E-state index contributed by atoms with van der Waals surface area (Å²) in [6, 6.07) is 1.98. The largest absolute Gasteiger partial charge is 0.306 e. The van der Waals surface area contributed by atoms with Crippen molar-refractivity contribution in [3.8, 4) is 0 Å². The summed E-state index contributed by atoms with van der Waals surface area (Å²) in [5.41, 5.74) is 2.00. The van der Waals surface area contributed by atoms with Crippen LogP contribution in [0.2, 0.25) is 0 Å². The third kappa shape index (κ3) is 1.98. The fraction of sp³-hybridized carbons (Fsp3) is 0.125. The Bertz CT molecular complexity index is 413. The first-order chi connectivity index (χ1) is 5.81. The zero-order valence-electron chi connectivity index (χ0n) is 6.58. The molecule has 2 heterocycles. The number of pyridine rings is 1. The molecule has 0 aromatic carbocycles. The molecule has 2 aromatic rings. The Kier molecular flexibility index (Phi) is 3.59. The molecule has 0 amide bonds. The van der Waals surface area contributed by atoms with E-state index < -0.39 is 0 Å².